The molecule has 0 radical (unpaired) electrons. The van der Waals surface area contributed by atoms with E-state index in [0.29, 0.717) is 5.69 Å². The van der Waals surface area contributed by atoms with Gasteiger partial charge in [0.15, 0.2) is 5.69 Å². The molecule has 1 unspecified atom stereocenters. The Kier molecular flexibility index (Phi) is 3.83. The minimum absolute atomic E-state index is 0.0399. The molecule has 1 N–H and O–H groups in total. The van der Waals surface area contributed by atoms with E-state index in [4.69, 9.17) is 5.11 Å². The molecular weight excluding hydrogens is 258 g/mol. The molecule has 0 spiro atoms. The van der Waals surface area contributed by atoms with Crippen molar-refractivity contribution in [2.75, 3.05) is 0 Å². The topological polar surface area (TPSA) is 75.4 Å². The average Bonchev–Trinajstić information content (AvgIpc) is 3.10. The summed E-state index contributed by atoms with van der Waals surface area (Å²) in [6.07, 6.45) is 1.74. The lowest BCUT2D eigenvalue weighted by Crippen LogP contribution is -2.44. The molecule has 1 heterocycles. The van der Waals surface area contributed by atoms with E-state index in [1.54, 1.807) is 24.7 Å². The Hall–Kier alpha value is -1.85. The largest absolute Gasteiger partial charge is 0.480 e. The third kappa shape index (κ3) is 2.69. The number of carboxylic acids is 1. The van der Waals surface area contributed by atoms with Crippen LogP contribution in [-0.2, 0) is 11.8 Å². The molecule has 1 aliphatic carbocycles. The maximum atomic E-state index is 12.5. The fourth-order valence-corrected chi connectivity index (χ4v) is 2.39. The van der Waals surface area contributed by atoms with Crippen LogP contribution in [0.3, 0.4) is 0 Å². The van der Waals surface area contributed by atoms with Crippen molar-refractivity contribution in [2.45, 2.75) is 51.6 Å². The number of hydrogen-bond donors (Lipinski definition) is 1. The molecule has 6 nitrogen and oxygen atoms in total. The molecule has 0 aliphatic heterocycles. The molecule has 1 aromatic rings. The van der Waals surface area contributed by atoms with Gasteiger partial charge in [0.2, 0.25) is 0 Å². The van der Waals surface area contributed by atoms with Gasteiger partial charge in [-0.25, -0.2) is 4.79 Å². The predicted octanol–water partition coefficient (Wildman–Crippen LogP) is 1.62. The SMILES string of the molecule is CC(C)c1cc(C(=O)N(C2CC2)C(C)C(=O)O)nn1C. The monoisotopic (exact) mass is 279 g/mol. The van der Waals surface area contributed by atoms with Gasteiger partial charge < -0.3 is 10.0 Å². The first-order chi connectivity index (χ1) is 9.32. The van der Waals surface area contributed by atoms with Crippen LogP contribution >= 0.6 is 0 Å². The first-order valence-corrected chi connectivity index (χ1v) is 6.92. The quantitative estimate of drug-likeness (QED) is 0.888. The van der Waals surface area contributed by atoms with E-state index in [1.165, 1.54) is 4.90 Å². The second-order valence-corrected chi connectivity index (χ2v) is 5.69. The maximum absolute atomic E-state index is 12.5. The highest BCUT2D eigenvalue weighted by molar-refractivity contribution is 5.95. The summed E-state index contributed by atoms with van der Waals surface area (Å²) >= 11 is 0. The van der Waals surface area contributed by atoms with E-state index in [1.807, 2.05) is 13.8 Å². The summed E-state index contributed by atoms with van der Waals surface area (Å²) in [5, 5.41) is 13.4. The van der Waals surface area contributed by atoms with Crippen LogP contribution in [0.15, 0.2) is 6.07 Å². The number of aryl methyl sites for hydroxylation is 1. The number of carboxylic acid groups (broad SMARTS) is 1. The van der Waals surface area contributed by atoms with Crippen LogP contribution in [0.1, 0.15) is 55.7 Å². The first kappa shape index (κ1) is 14.6. The number of amides is 1. The van der Waals surface area contributed by atoms with Gasteiger partial charge in [0.1, 0.15) is 6.04 Å². The van der Waals surface area contributed by atoms with Gasteiger partial charge in [-0.15, -0.1) is 0 Å². The molecule has 2 rings (SSSR count). The Bertz CT molecular complexity index is 532. The lowest BCUT2D eigenvalue weighted by Gasteiger charge is -2.25. The molecule has 110 valence electrons. The molecular formula is C14H21N3O3. The standard InChI is InChI=1S/C14H21N3O3/c1-8(2)12-7-11(15-16(12)4)13(18)17(10-5-6-10)9(3)14(19)20/h7-10H,5-6H2,1-4H3,(H,19,20). The molecule has 20 heavy (non-hydrogen) atoms. The van der Waals surface area contributed by atoms with Gasteiger partial charge in [-0.05, 0) is 31.7 Å². The van der Waals surface area contributed by atoms with E-state index < -0.39 is 12.0 Å². The van der Waals surface area contributed by atoms with Crippen LogP contribution in [-0.4, -0.2) is 43.7 Å². The smallest absolute Gasteiger partial charge is 0.326 e. The van der Waals surface area contributed by atoms with Crippen molar-refractivity contribution in [1.82, 2.24) is 14.7 Å². The summed E-state index contributed by atoms with van der Waals surface area (Å²) in [5.74, 6) is -1.00. The molecule has 0 bridgehead atoms. The number of nitrogens with zero attached hydrogens (tertiary/aromatic N) is 3. The van der Waals surface area contributed by atoms with Crippen LogP contribution < -0.4 is 0 Å². The summed E-state index contributed by atoms with van der Waals surface area (Å²) in [6, 6.07) is 0.981. The predicted molar refractivity (Wildman–Crippen MR) is 73.6 cm³/mol. The third-order valence-electron chi connectivity index (χ3n) is 3.68. The summed E-state index contributed by atoms with van der Waals surface area (Å²) < 4.78 is 1.69. The normalized spacial score (nSPS) is 16.2. The highest BCUT2D eigenvalue weighted by Gasteiger charge is 2.39. The fourth-order valence-electron chi connectivity index (χ4n) is 2.39. The van der Waals surface area contributed by atoms with Crippen LogP contribution in [0, 0.1) is 0 Å². The number of hydrogen-bond acceptors (Lipinski definition) is 3. The Morgan fingerprint density at radius 1 is 1.40 bits per heavy atom. The van der Waals surface area contributed by atoms with Gasteiger partial charge in [-0.2, -0.15) is 5.10 Å². The zero-order valence-electron chi connectivity index (χ0n) is 12.3. The molecule has 1 amide bonds. The molecule has 0 saturated heterocycles. The summed E-state index contributed by atoms with van der Waals surface area (Å²) in [5.41, 5.74) is 1.29. The fraction of sp³-hybridized carbons (Fsp3) is 0.643. The van der Waals surface area contributed by atoms with E-state index in [0.717, 1.165) is 18.5 Å². The summed E-state index contributed by atoms with van der Waals surface area (Å²) in [4.78, 5) is 25.2. The van der Waals surface area contributed by atoms with E-state index in [-0.39, 0.29) is 17.9 Å². The van der Waals surface area contributed by atoms with E-state index in [2.05, 4.69) is 5.10 Å². The van der Waals surface area contributed by atoms with Crippen molar-refractivity contribution in [2.24, 2.45) is 7.05 Å². The van der Waals surface area contributed by atoms with Gasteiger partial charge in [0.05, 0.1) is 0 Å². The second-order valence-electron chi connectivity index (χ2n) is 5.69. The second kappa shape index (κ2) is 5.26. The van der Waals surface area contributed by atoms with Crippen LogP contribution in [0.5, 0.6) is 0 Å². The van der Waals surface area contributed by atoms with Crippen molar-refractivity contribution in [3.63, 3.8) is 0 Å². The highest BCUT2D eigenvalue weighted by Crippen LogP contribution is 2.30. The Morgan fingerprint density at radius 3 is 2.40 bits per heavy atom. The highest BCUT2D eigenvalue weighted by atomic mass is 16.4. The van der Waals surface area contributed by atoms with Crippen LogP contribution in [0.2, 0.25) is 0 Å². The van der Waals surface area contributed by atoms with Crippen LogP contribution in [0.4, 0.5) is 0 Å². The molecule has 1 atom stereocenters. The van der Waals surface area contributed by atoms with Gasteiger partial charge >= 0.3 is 5.97 Å². The lowest BCUT2D eigenvalue weighted by molar-refractivity contribution is -0.141. The number of aliphatic carboxylic acids is 1. The molecule has 1 aliphatic rings. The Labute approximate surface area is 118 Å². The average molecular weight is 279 g/mol. The minimum Gasteiger partial charge on any atom is -0.480 e. The van der Waals surface area contributed by atoms with Gasteiger partial charge in [0, 0.05) is 18.8 Å². The van der Waals surface area contributed by atoms with Crippen molar-refractivity contribution >= 4 is 11.9 Å². The number of carbonyl (C=O) groups excluding carboxylic acids is 1. The molecule has 1 aromatic heterocycles. The molecule has 1 saturated carbocycles. The zero-order chi connectivity index (χ0) is 15.0. The lowest BCUT2D eigenvalue weighted by atomic mass is 10.1. The van der Waals surface area contributed by atoms with Crippen molar-refractivity contribution in [3.8, 4) is 0 Å². The zero-order valence-corrected chi connectivity index (χ0v) is 12.3. The van der Waals surface area contributed by atoms with Crippen molar-refractivity contribution in [1.29, 1.82) is 0 Å². The molecule has 0 aromatic carbocycles. The van der Waals surface area contributed by atoms with Crippen LogP contribution in [0.25, 0.3) is 0 Å². The van der Waals surface area contributed by atoms with Crippen molar-refractivity contribution < 1.29 is 14.7 Å². The summed E-state index contributed by atoms with van der Waals surface area (Å²) in [6.45, 7) is 5.61. The van der Waals surface area contributed by atoms with Gasteiger partial charge in [-0.1, -0.05) is 13.8 Å². The number of rotatable bonds is 5. The molecule has 1 fully saturated rings. The third-order valence-corrected chi connectivity index (χ3v) is 3.68. The van der Waals surface area contributed by atoms with Gasteiger partial charge in [-0.3, -0.25) is 9.48 Å². The minimum atomic E-state index is -0.981. The number of carbonyl (C=O) groups is 2. The van der Waals surface area contributed by atoms with Crippen molar-refractivity contribution in [3.05, 3.63) is 17.5 Å². The number of aromatic nitrogens is 2. The molecule has 6 heteroatoms. The van der Waals surface area contributed by atoms with Gasteiger partial charge in [0.25, 0.3) is 5.91 Å². The Morgan fingerprint density at radius 2 is 2.00 bits per heavy atom. The van der Waals surface area contributed by atoms with E-state index in [9.17, 15) is 9.59 Å². The maximum Gasteiger partial charge on any atom is 0.326 e. The summed E-state index contributed by atoms with van der Waals surface area (Å²) in [7, 11) is 1.80. The van der Waals surface area contributed by atoms with E-state index >= 15 is 0 Å². The first-order valence-electron chi connectivity index (χ1n) is 6.92. The Balaban J connectivity index is 2.28.